The summed E-state index contributed by atoms with van der Waals surface area (Å²) < 4.78 is 40.3. The van der Waals surface area contributed by atoms with E-state index in [1.165, 1.54) is 26.4 Å². The number of aliphatic hydroxyl groups is 3. The molecule has 2 atom stereocenters. The minimum atomic E-state index is -0.754. The lowest BCUT2D eigenvalue weighted by molar-refractivity contribution is -0.386. The Balaban J connectivity index is 0.000000177. The van der Waals surface area contributed by atoms with Crippen molar-refractivity contribution in [1.29, 1.82) is 0 Å². The van der Waals surface area contributed by atoms with Crippen molar-refractivity contribution in [3.63, 3.8) is 0 Å². The summed E-state index contributed by atoms with van der Waals surface area (Å²) in [6.07, 6.45) is 7.86. The van der Waals surface area contributed by atoms with Crippen molar-refractivity contribution in [3.8, 4) is 40.2 Å². The summed E-state index contributed by atoms with van der Waals surface area (Å²) in [4.78, 5) is 49.5. The third-order valence-electron chi connectivity index (χ3n) is 11.6. The van der Waals surface area contributed by atoms with Crippen molar-refractivity contribution < 1.29 is 67.9 Å². The van der Waals surface area contributed by atoms with Gasteiger partial charge in [0.2, 0.25) is 11.5 Å². The molecule has 9 rings (SSSR count). The number of rotatable bonds is 9. The monoisotopic (exact) mass is 892 g/mol. The van der Waals surface area contributed by atoms with E-state index in [1.54, 1.807) is 82.3 Å². The number of hydrogen-bond donors (Lipinski definition) is 3. The highest BCUT2D eigenvalue weighted by atomic mass is 16.6. The molecule has 4 aromatic carbocycles. The van der Waals surface area contributed by atoms with Gasteiger partial charge < -0.3 is 48.5 Å². The zero-order valence-corrected chi connectivity index (χ0v) is 36.1. The first kappa shape index (κ1) is 44.3. The highest BCUT2D eigenvalue weighted by Crippen LogP contribution is 2.52. The van der Waals surface area contributed by atoms with Crippen LogP contribution in [-0.2, 0) is 19.8 Å². The second-order valence-corrected chi connectivity index (χ2v) is 16.8. The average Bonchev–Trinajstić information content (AvgIpc) is 3.28. The van der Waals surface area contributed by atoms with Crippen LogP contribution in [-0.4, -0.2) is 81.5 Å². The molecule has 5 aliphatic rings. The minimum Gasteiger partial charge on any atom is -0.496 e. The highest BCUT2D eigenvalue weighted by Gasteiger charge is 2.47. The first-order valence-corrected chi connectivity index (χ1v) is 20.3. The summed E-state index contributed by atoms with van der Waals surface area (Å²) in [6, 6.07) is 8.95. The van der Waals surface area contributed by atoms with E-state index in [-0.39, 0.29) is 89.9 Å². The summed E-state index contributed by atoms with van der Waals surface area (Å²) in [7, 11) is 2.86. The number of Topliss-reactive ketones (excluding diaryl/α,β-unsaturated/α-hetero) is 2. The molecule has 0 aromatic heterocycles. The molecule has 3 N–H and O–H groups in total. The molecular formula is C47H44N2O16. The molecule has 338 valence electrons. The lowest BCUT2D eigenvalue weighted by atomic mass is 9.80. The van der Waals surface area contributed by atoms with Crippen molar-refractivity contribution in [1.82, 2.24) is 0 Å². The van der Waals surface area contributed by atoms with Gasteiger partial charge in [-0.15, -0.1) is 0 Å². The molecule has 5 aliphatic heterocycles. The fraction of sp³-hybridized carbons (Fsp3) is 0.319. The van der Waals surface area contributed by atoms with Gasteiger partial charge in [0.15, 0.2) is 11.6 Å². The minimum absolute atomic E-state index is 0.0172. The van der Waals surface area contributed by atoms with Gasteiger partial charge in [-0.3, -0.25) is 29.8 Å². The van der Waals surface area contributed by atoms with Crippen LogP contribution in [0.3, 0.4) is 0 Å². The molecule has 0 fully saturated rings. The number of methoxy groups -OCH3 is 2. The Morgan fingerprint density at radius 1 is 0.769 bits per heavy atom. The van der Waals surface area contributed by atoms with E-state index in [2.05, 4.69) is 0 Å². The Morgan fingerprint density at radius 3 is 1.98 bits per heavy atom. The molecule has 0 spiro atoms. The fourth-order valence-corrected chi connectivity index (χ4v) is 8.36. The standard InChI is InChI=1S/C24H23NO8.C23H21NO8/c1-24(2)5-4-17-22(31-3)18(9-19(25(29)30)23(17)33-24)21(28)16-7-13-6-14(10-26)15(11-27)8-20(13)32-12-16;1-23(2)5-4-12-21-14(7-15(24(27)28)22(12)32-23)20(26)19-13-8-16(29-3)11(9-25)6-17(13)30-10-18(19)31-21/h4-9,26-27H,10-12H2,1-3H3;4-8,18-19,25H,9-10H2,1-3H3/t;18-,19+/m.1/s1. The maximum absolute atomic E-state index is 13.6. The number of aliphatic hydroxyl groups excluding tert-OH is 3. The summed E-state index contributed by atoms with van der Waals surface area (Å²) >= 11 is 0. The topological polar surface area (TPSA) is 246 Å². The van der Waals surface area contributed by atoms with Gasteiger partial charge in [-0.25, -0.2) is 0 Å². The third kappa shape index (κ3) is 7.89. The van der Waals surface area contributed by atoms with Gasteiger partial charge in [0.05, 0.1) is 72.1 Å². The Bertz CT molecular complexity index is 2800. The third-order valence-corrected chi connectivity index (χ3v) is 11.6. The van der Waals surface area contributed by atoms with Crippen LogP contribution >= 0.6 is 0 Å². The van der Waals surface area contributed by atoms with Gasteiger partial charge in [0.25, 0.3) is 0 Å². The molecule has 0 radical (unpaired) electrons. The Hall–Kier alpha value is -7.28. The number of carbonyl (C=O) groups is 2. The van der Waals surface area contributed by atoms with Crippen molar-refractivity contribution in [3.05, 3.63) is 124 Å². The van der Waals surface area contributed by atoms with Crippen LogP contribution in [0.1, 0.15) is 93.3 Å². The van der Waals surface area contributed by atoms with Crippen LogP contribution in [0.25, 0.3) is 18.2 Å². The van der Waals surface area contributed by atoms with Gasteiger partial charge in [0, 0.05) is 34.4 Å². The molecule has 0 aliphatic carbocycles. The molecule has 4 aromatic rings. The first-order valence-electron chi connectivity index (χ1n) is 20.3. The smallest absolute Gasteiger partial charge is 0.312 e. The van der Waals surface area contributed by atoms with Gasteiger partial charge in [0.1, 0.15) is 59.3 Å². The predicted molar refractivity (Wildman–Crippen MR) is 232 cm³/mol. The zero-order chi connectivity index (χ0) is 46.7. The first-order chi connectivity index (χ1) is 30.9. The second kappa shape index (κ2) is 16.7. The van der Waals surface area contributed by atoms with Gasteiger partial charge in [-0.1, -0.05) is 0 Å². The predicted octanol–water partition coefficient (Wildman–Crippen LogP) is 6.83. The van der Waals surface area contributed by atoms with E-state index in [0.717, 1.165) is 0 Å². The van der Waals surface area contributed by atoms with Crippen molar-refractivity contribution in [2.45, 2.75) is 70.7 Å². The molecule has 5 heterocycles. The maximum Gasteiger partial charge on any atom is 0.312 e. The largest absolute Gasteiger partial charge is 0.496 e. The Kier molecular flexibility index (Phi) is 11.4. The van der Waals surface area contributed by atoms with E-state index in [9.17, 15) is 45.1 Å². The molecule has 0 unspecified atom stereocenters. The molecular weight excluding hydrogens is 849 g/mol. The Morgan fingerprint density at radius 2 is 1.37 bits per heavy atom. The summed E-state index contributed by atoms with van der Waals surface area (Å²) in [6.45, 7) is 6.37. The van der Waals surface area contributed by atoms with Crippen LogP contribution in [0.5, 0.6) is 40.2 Å². The maximum atomic E-state index is 13.6. The quantitative estimate of drug-likeness (QED) is 0.0885. The molecule has 18 nitrogen and oxygen atoms in total. The molecule has 18 heteroatoms. The number of nitro groups is 2. The van der Waals surface area contributed by atoms with Crippen LogP contribution in [0.4, 0.5) is 11.4 Å². The highest BCUT2D eigenvalue weighted by molar-refractivity contribution is 6.15. The fourth-order valence-electron chi connectivity index (χ4n) is 8.36. The van der Waals surface area contributed by atoms with Crippen LogP contribution in [0.2, 0.25) is 0 Å². The van der Waals surface area contributed by atoms with Gasteiger partial charge in [-0.05, 0) is 93.5 Å². The van der Waals surface area contributed by atoms with Crippen molar-refractivity contribution >= 4 is 41.2 Å². The molecule has 0 bridgehead atoms. The normalized spacial score (nSPS) is 18.5. The molecule has 65 heavy (non-hydrogen) atoms. The van der Waals surface area contributed by atoms with Crippen molar-refractivity contribution in [2.24, 2.45) is 0 Å². The number of hydrogen-bond acceptors (Lipinski definition) is 16. The summed E-state index contributed by atoms with van der Waals surface area (Å²) in [5.41, 5.74) is 1.68. The summed E-state index contributed by atoms with van der Waals surface area (Å²) in [5, 5.41) is 52.2. The van der Waals surface area contributed by atoms with Crippen LogP contribution < -0.4 is 33.2 Å². The van der Waals surface area contributed by atoms with Crippen molar-refractivity contribution in [2.75, 3.05) is 27.4 Å². The number of ketones is 2. The van der Waals surface area contributed by atoms with E-state index >= 15 is 0 Å². The summed E-state index contributed by atoms with van der Waals surface area (Å²) in [5.74, 6) is 0.383. The van der Waals surface area contributed by atoms with E-state index in [4.69, 9.17) is 33.2 Å². The average molecular weight is 893 g/mol. The number of ether oxygens (including phenoxy) is 7. The number of fused-ring (bicyclic) bond motifs is 8. The zero-order valence-electron chi connectivity index (χ0n) is 36.1. The van der Waals surface area contributed by atoms with Gasteiger partial charge in [-0.2, -0.15) is 0 Å². The number of nitro benzene ring substituents is 2. The van der Waals surface area contributed by atoms with Crippen LogP contribution in [0.15, 0.2) is 54.1 Å². The van der Waals surface area contributed by atoms with Gasteiger partial charge >= 0.3 is 11.4 Å². The molecule has 0 saturated heterocycles. The SMILES string of the molecule is COc1c(C(=O)C2=Cc3cc(CO)c(CO)cc3OC2)cc([N+](=O)[O-])c2c1C=CC(C)(C)O2.COc1cc2c(cc1CO)OC[C@H]1Oc3c(cc([N+](=O)[O-])c4c3C=CC(C)(C)O4)C(=O)[C@@H]21. The number of benzene rings is 4. The second-order valence-electron chi connectivity index (χ2n) is 16.8. The van der Waals surface area contributed by atoms with E-state index < -0.39 is 38.9 Å². The molecule has 0 saturated carbocycles. The number of carbonyl (C=O) groups excluding carboxylic acids is 2. The lowest BCUT2D eigenvalue weighted by Crippen LogP contribution is -2.43. The van der Waals surface area contributed by atoms with Crippen LogP contribution in [0, 0.1) is 20.2 Å². The Labute approximate surface area is 371 Å². The lowest BCUT2D eigenvalue weighted by Gasteiger charge is -2.38. The molecule has 0 amide bonds. The number of nitrogens with zero attached hydrogens (tertiary/aromatic N) is 2. The van der Waals surface area contributed by atoms with E-state index in [1.807, 2.05) is 0 Å². The van der Waals surface area contributed by atoms with E-state index in [0.29, 0.717) is 56.2 Å².